The zero-order valence-electron chi connectivity index (χ0n) is 10.5. The molecule has 0 aliphatic rings. The molecule has 0 spiro atoms. The lowest BCUT2D eigenvalue weighted by molar-refractivity contribution is 0.589. The van der Waals surface area contributed by atoms with Crippen molar-refractivity contribution in [1.29, 1.82) is 5.26 Å². The molecule has 1 rings (SSSR count). The van der Waals surface area contributed by atoms with E-state index in [1.807, 2.05) is 24.3 Å². The fourth-order valence-corrected chi connectivity index (χ4v) is 2.27. The van der Waals surface area contributed by atoms with E-state index >= 15 is 0 Å². The Kier molecular flexibility index (Phi) is 6.74. The van der Waals surface area contributed by atoms with Crippen LogP contribution < -0.4 is 0 Å². The Balaban J connectivity index is 2.45. The molecule has 0 saturated carbocycles. The Bertz CT molecular complexity index is 367. The van der Waals surface area contributed by atoms with E-state index < -0.39 is 0 Å². The summed E-state index contributed by atoms with van der Waals surface area (Å²) in [6, 6.07) is 10.0. The largest absolute Gasteiger partial charge is 0.198 e. The Morgan fingerprint density at radius 3 is 2.53 bits per heavy atom. The molecule has 0 saturated heterocycles. The van der Waals surface area contributed by atoms with Crippen LogP contribution in [0.1, 0.15) is 56.9 Å². The number of nitriles is 1. The number of hydrogen-bond acceptors (Lipinski definition) is 1. The zero-order chi connectivity index (χ0) is 12.5. The quantitative estimate of drug-likeness (QED) is 0.601. The molecule has 1 atom stereocenters. The summed E-state index contributed by atoms with van der Waals surface area (Å²) in [7, 11) is 0. The molecule has 1 nitrogen and oxygen atoms in total. The highest BCUT2D eigenvalue weighted by Gasteiger charge is 2.12. The molecule has 0 aliphatic carbocycles. The van der Waals surface area contributed by atoms with Gasteiger partial charge in [-0.05, 0) is 18.1 Å². The van der Waals surface area contributed by atoms with Crippen LogP contribution in [-0.2, 0) is 0 Å². The third kappa shape index (κ3) is 4.79. The highest BCUT2D eigenvalue weighted by atomic mass is 35.5. The van der Waals surface area contributed by atoms with Crippen molar-refractivity contribution in [2.24, 2.45) is 0 Å². The Morgan fingerprint density at radius 2 is 1.88 bits per heavy atom. The minimum absolute atomic E-state index is 0.0506. The van der Waals surface area contributed by atoms with E-state index in [1.165, 1.54) is 25.7 Å². The summed E-state index contributed by atoms with van der Waals surface area (Å²) in [5.74, 6) is -0.0506. The second-order valence-corrected chi connectivity index (χ2v) is 4.81. The summed E-state index contributed by atoms with van der Waals surface area (Å²) in [5.41, 5.74) is 0.979. The van der Waals surface area contributed by atoms with Crippen LogP contribution in [0.25, 0.3) is 0 Å². The van der Waals surface area contributed by atoms with Crippen molar-refractivity contribution in [3.63, 3.8) is 0 Å². The van der Waals surface area contributed by atoms with E-state index in [0.29, 0.717) is 5.02 Å². The van der Waals surface area contributed by atoms with Gasteiger partial charge in [-0.15, -0.1) is 0 Å². The van der Waals surface area contributed by atoms with Crippen molar-refractivity contribution in [2.45, 2.75) is 51.4 Å². The van der Waals surface area contributed by atoms with Gasteiger partial charge in [0.15, 0.2) is 0 Å². The van der Waals surface area contributed by atoms with Gasteiger partial charge in [-0.3, -0.25) is 0 Å². The SMILES string of the molecule is CCCCCCCC(C#N)c1ccccc1Cl. The Labute approximate surface area is 109 Å². The Hall–Kier alpha value is -1.00. The average molecular weight is 250 g/mol. The van der Waals surface area contributed by atoms with Gasteiger partial charge in [-0.2, -0.15) is 5.26 Å². The van der Waals surface area contributed by atoms with Gasteiger partial charge >= 0.3 is 0 Å². The average Bonchev–Trinajstić information content (AvgIpc) is 2.35. The van der Waals surface area contributed by atoms with Gasteiger partial charge < -0.3 is 0 Å². The fraction of sp³-hybridized carbons (Fsp3) is 0.533. The summed E-state index contributed by atoms with van der Waals surface area (Å²) in [5, 5.41) is 9.91. The van der Waals surface area contributed by atoms with Crippen molar-refractivity contribution < 1.29 is 0 Å². The number of benzene rings is 1. The van der Waals surface area contributed by atoms with E-state index in [-0.39, 0.29) is 5.92 Å². The minimum atomic E-state index is -0.0506. The maximum atomic E-state index is 9.20. The summed E-state index contributed by atoms with van der Waals surface area (Å²) >= 11 is 6.11. The smallest absolute Gasteiger partial charge is 0.0727 e. The summed E-state index contributed by atoms with van der Waals surface area (Å²) in [6.07, 6.45) is 7.08. The molecule has 0 radical (unpaired) electrons. The normalized spacial score (nSPS) is 12.1. The van der Waals surface area contributed by atoms with Gasteiger partial charge in [0.25, 0.3) is 0 Å². The summed E-state index contributed by atoms with van der Waals surface area (Å²) in [4.78, 5) is 0. The molecule has 92 valence electrons. The number of rotatable bonds is 7. The molecule has 1 aromatic rings. The van der Waals surface area contributed by atoms with E-state index in [0.717, 1.165) is 18.4 Å². The molecule has 0 fully saturated rings. The summed E-state index contributed by atoms with van der Waals surface area (Å²) < 4.78 is 0. The van der Waals surface area contributed by atoms with E-state index in [2.05, 4.69) is 13.0 Å². The van der Waals surface area contributed by atoms with Gasteiger partial charge in [0.1, 0.15) is 0 Å². The van der Waals surface area contributed by atoms with E-state index in [9.17, 15) is 5.26 Å². The van der Waals surface area contributed by atoms with E-state index in [1.54, 1.807) is 0 Å². The van der Waals surface area contributed by atoms with Crippen molar-refractivity contribution in [1.82, 2.24) is 0 Å². The zero-order valence-corrected chi connectivity index (χ0v) is 11.2. The van der Waals surface area contributed by atoms with Crippen LogP contribution in [0, 0.1) is 11.3 Å². The second kappa shape index (κ2) is 8.14. The van der Waals surface area contributed by atoms with Gasteiger partial charge in [0.05, 0.1) is 12.0 Å². The molecular formula is C15H20ClN. The molecule has 0 amide bonds. The number of hydrogen-bond donors (Lipinski definition) is 0. The Morgan fingerprint density at radius 1 is 1.18 bits per heavy atom. The van der Waals surface area contributed by atoms with Crippen molar-refractivity contribution in [3.8, 4) is 6.07 Å². The standard InChI is InChI=1S/C15H20ClN/c1-2-3-4-5-6-9-13(12-17)14-10-7-8-11-15(14)16/h7-8,10-11,13H,2-6,9H2,1H3. The highest BCUT2D eigenvalue weighted by molar-refractivity contribution is 6.31. The molecule has 0 N–H and O–H groups in total. The number of halogens is 1. The van der Waals surface area contributed by atoms with Gasteiger partial charge in [-0.25, -0.2) is 0 Å². The van der Waals surface area contributed by atoms with Crippen molar-refractivity contribution >= 4 is 11.6 Å². The molecule has 0 aromatic heterocycles. The minimum Gasteiger partial charge on any atom is -0.198 e. The van der Waals surface area contributed by atoms with Gasteiger partial charge in [0, 0.05) is 5.02 Å². The molecule has 2 heteroatoms. The topological polar surface area (TPSA) is 23.8 Å². The van der Waals surface area contributed by atoms with Gasteiger partial charge in [0.2, 0.25) is 0 Å². The second-order valence-electron chi connectivity index (χ2n) is 4.41. The van der Waals surface area contributed by atoms with Gasteiger partial charge in [-0.1, -0.05) is 68.8 Å². The van der Waals surface area contributed by atoms with Crippen LogP contribution >= 0.6 is 11.6 Å². The van der Waals surface area contributed by atoms with Crippen LogP contribution in [-0.4, -0.2) is 0 Å². The maximum absolute atomic E-state index is 9.20. The highest BCUT2D eigenvalue weighted by Crippen LogP contribution is 2.28. The van der Waals surface area contributed by atoms with Crippen LogP contribution in [0.3, 0.4) is 0 Å². The molecule has 17 heavy (non-hydrogen) atoms. The monoisotopic (exact) mass is 249 g/mol. The van der Waals surface area contributed by atoms with E-state index in [4.69, 9.17) is 11.6 Å². The lowest BCUT2D eigenvalue weighted by Crippen LogP contribution is -1.97. The number of nitrogens with zero attached hydrogens (tertiary/aromatic N) is 1. The van der Waals surface area contributed by atoms with Crippen LogP contribution in [0.15, 0.2) is 24.3 Å². The molecule has 0 bridgehead atoms. The predicted molar refractivity (Wildman–Crippen MR) is 73.2 cm³/mol. The fourth-order valence-electron chi connectivity index (χ4n) is 2.00. The first-order valence-corrected chi connectivity index (χ1v) is 6.81. The molecule has 1 unspecified atom stereocenters. The molecule has 0 heterocycles. The first-order valence-electron chi connectivity index (χ1n) is 6.43. The first-order chi connectivity index (χ1) is 8.29. The molecule has 0 aliphatic heterocycles. The predicted octanol–water partition coefficient (Wildman–Crippen LogP) is 5.31. The number of unbranched alkanes of at least 4 members (excludes halogenated alkanes) is 4. The van der Waals surface area contributed by atoms with Crippen LogP contribution in [0.2, 0.25) is 5.02 Å². The lowest BCUT2D eigenvalue weighted by Gasteiger charge is -2.10. The summed E-state index contributed by atoms with van der Waals surface area (Å²) in [6.45, 7) is 2.21. The van der Waals surface area contributed by atoms with Crippen LogP contribution in [0.4, 0.5) is 0 Å². The third-order valence-electron chi connectivity index (χ3n) is 3.03. The molecular weight excluding hydrogens is 230 g/mol. The van der Waals surface area contributed by atoms with Crippen molar-refractivity contribution in [2.75, 3.05) is 0 Å². The molecule has 1 aromatic carbocycles. The lowest BCUT2D eigenvalue weighted by atomic mass is 9.94. The first kappa shape index (κ1) is 14.1. The van der Waals surface area contributed by atoms with Crippen molar-refractivity contribution in [3.05, 3.63) is 34.9 Å². The third-order valence-corrected chi connectivity index (χ3v) is 3.38. The maximum Gasteiger partial charge on any atom is 0.0727 e. The van der Waals surface area contributed by atoms with Crippen LogP contribution in [0.5, 0.6) is 0 Å².